The maximum absolute atomic E-state index is 5.90. The molecule has 2 aliphatic heterocycles. The summed E-state index contributed by atoms with van der Waals surface area (Å²) in [6.07, 6.45) is 2.58. The molecule has 0 spiro atoms. The number of likely N-dealkylation sites (N-methyl/N-ethyl adjacent to an activating group) is 2. The van der Waals surface area contributed by atoms with E-state index in [0.29, 0.717) is 18.1 Å². The standard InChI is InChI=1S/C13H27N5O.HI/c1-17-5-6-18(2)11(10-17)8-15-13(14)16-9-12-4-3-7-19-12;/h11-12H,3-10H2,1-2H3,(H3,14,15,16);1H. The number of hydrogen-bond acceptors (Lipinski definition) is 4. The average molecular weight is 397 g/mol. The van der Waals surface area contributed by atoms with Crippen molar-refractivity contribution in [3.63, 3.8) is 0 Å². The lowest BCUT2D eigenvalue weighted by molar-refractivity contribution is 0.113. The second kappa shape index (κ2) is 9.01. The van der Waals surface area contributed by atoms with E-state index in [4.69, 9.17) is 10.5 Å². The van der Waals surface area contributed by atoms with Crippen LogP contribution in [0.5, 0.6) is 0 Å². The van der Waals surface area contributed by atoms with Crippen molar-refractivity contribution in [2.75, 3.05) is 53.4 Å². The SMILES string of the molecule is CN1CCN(C)C(CN=C(N)NCC2CCCO2)C1.I. The number of halogens is 1. The summed E-state index contributed by atoms with van der Waals surface area (Å²) >= 11 is 0. The quantitative estimate of drug-likeness (QED) is 0.395. The summed E-state index contributed by atoms with van der Waals surface area (Å²) in [6.45, 7) is 5.69. The summed E-state index contributed by atoms with van der Waals surface area (Å²) < 4.78 is 5.54. The molecule has 2 unspecified atom stereocenters. The molecule has 0 aromatic rings. The molecule has 2 heterocycles. The van der Waals surface area contributed by atoms with Crippen LogP contribution in [-0.4, -0.2) is 81.3 Å². The van der Waals surface area contributed by atoms with Crippen LogP contribution in [0.3, 0.4) is 0 Å². The molecule has 2 aliphatic rings. The Labute approximate surface area is 139 Å². The van der Waals surface area contributed by atoms with Gasteiger partial charge in [-0.2, -0.15) is 0 Å². The predicted octanol–water partition coefficient (Wildman–Crippen LogP) is -0.0665. The summed E-state index contributed by atoms with van der Waals surface area (Å²) in [5, 5.41) is 3.16. The number of nitrogens with zero attached hydrogens (tertiary/aromatic N) is 3. The van der Waals surface area contributed by atoms with Gasteiger partial charge in [0.2, 0.25) is 0 Å². The van der Waals surface area contributed by atoms with Gasteiger partial charge in [-0.3, -0.25) is 9.89 Å². The third kappa shape index (κ3) is 5.71. The van der Waals surface area contributed by atoms with Crippen molar-refractivity contribution in [3.05, 3.63) is 0 Å². The normalized spacial score (nSPS) is 29.2. The van der Waals surface area contributed by atoms with E-state index < -0.39 is 0 Å². The first-order valence-corrected chi connectivity index (χ1v) is 7.19. The van der Waals surface area contributed by atoms with Crippen LogP contribution in [0.1, 0.15) is 12.8 Å². The van der Waals surface area contributed by atoms with E-state index in [0.717, 1.165) is 52.2 Å². The number of guanidine groups is 1. The lowest BCUT2D eigenvalue weighted by Gasteiger charge is -2.36. The van der Waals surface area contributed by atoms with Gasteiger partial charge < -0.3 is 20.7 Å². The third-order valence-corrected chi connectivity index (χ3v) is 3.99. The smallest absolute Gasteiger partial charge is 0.188 e. The molecule has 20 heavy (non-hydrogen) atoms. The molecule has 2 saturated heterocycles. The van der Waals surface area contributed by atoms with Gasteiger partial charge in [0.05, 0.1) is 12.6 Å². The van der Waals surface area contributed by atoms with E-state index in [2.05, 4.69) is 34.2 Å². The van der Waals surface area contributed by atoms with Crippen LogP contribution in [0.4, 0.5) is 0 Å². The van der Waals surface area contributed by atoms with Gasteiger partial charge in [-0.1, -0.05) is 0 Å². The Morgan fingerprint density at radius 1 is 1.40 bits per heavy atom. The highest BCUT2D eigenvalue weighted by Gasteiger charge is 2.21. The second-order valence-electron chi connectivity index (χ2n) is 5.64. The Morgan fingerprint density at radius 2 is 2.20 bits per heavy atom. The van der Waals surface area contributed by atoms with Gasteiger partial charge in [0.25, 0.3) is 0 Å². The van der Waals surface area contributed by atoms with Gasteiger partial charge in [0.15, 0.2) is 5.96 Å². The fourth-order valence-electron chi connectivity index (χ4n) is 2.58. The largest absolute Gasteiger partial charge is 0.376 e. The molecule has 118 valence electrons. The van der Waals surface area contributed by atoms with Gasteiger partial charge in [0.1, 0.15) is 0 Å². The first kappa shape index (κ1) is 17.9. The molecular weight excluding hydrogens is 369 g/mol. The topological polar surface area (TPSA) is 66.1 Å². The van der Waals surface area contributed by atoms with E-state index in [-0.39, 0.29) is 24.0 Å². The zero-order valence-electron chi connectivity index (χ0n) is 12.5. The fourth-order valence-corrected chi connectivity index (χ4v) is 2.58. The number of nitrogens with two attached hydrogens (primary N) is 1. The van der Waals surface area contributed by atoms with Crippen molar-refractivity contribution in [3.8, 4) is 0 Å². The van der Waals surface area contributed by atoms with Crippen LogP contribution < -0.4 is 11.1 Å². The van der Waals surface area contributed by atoms with Gasteiger partial charge in [-0.25, -0.2) is 0 Å². The molecule has 2 fully saturated rings. The Morgan fingerprint density at radius 3 is 2.90 bits per heavy atom. The van der Waals surface area contributed by atoms with Gasteiger partial charge in [-0.15, -0.1) is 24.0 Å². The molecule has 2 atom stereocenters. The summed E-state index contributed by atoms with van der Waals surface area (Å²) in [5.74, 6) is 0.539. The van der Waals surface area contributed by atoms with Gasteiger partial charge >= 0.3 is 0 Å². The number of ether oxygens (including phenoxy) is 1. The Kier molecular flexibility index (Phi) is 8.08. The first-order valence-electron chi connectivity index (χ1n) is 7.19. The number of aliphatic imine (C=N–C) groups is 1. The average Bonchev–Trinajstić information content (AvgIpc) is 2.90. The van der Waals surface area contributed by atoms with Crippen LogP contribution in [0.15, 0.2) is 4.99 Å². The first-order chi connectivity index (χ1) is 9.15. The fraction of sp³-hybridized carbons (Fsp3) is 0.923. The summed E-state index contributed by atoms with van der Waals surface area (Å²) in [4.78, 5) is 9.15. The highest BCUT2D eigenvalue weighted by atomic mass is 127. The van der Waals surface area contributed by atoms with Crippen molar-refractivity contribution in [1.82, 2.24) is 15.1 Å². The van der Waals surface area contributed by atoms with Crippen LogP contribution >= 0.6 is 24.0 Å². The molecule has 0 radical (unpaired) electrons. The minimum absolute atomic E-state index is 0. The van der Waals surface area contributed by atoms with E-state index in [1.54, 1.807) is 0 Å². The van der Waals surface area contributed by atoms with Gasteiger partial charge in [-0.05, 0) is 26.9 Å². The Bertz CT molecular complexity index is 309. The minimum Gasteiger partial charge on any atom is -0.376 e. The van der Waals surface area contributed by atoms with Crippen molar-refractivity contribution in [2.24, 2.45) is 10.7 Å². The van der Waals surface area contributed by atoms with Crippen LogP contribution in [0.2, 0.25) is 0 Å². The minimum atomic E-state index is 0. The maximum Gasteiger partial charge on any atom is 0.188 e. The van der Waals surface area contributed by atoms with Crippen molar-refractivity contribution in [2.45, 2.75) is 25.0 Å². The second-order valence-corrected chi connectivity index (χ2v) is 5.64. The zero-order chi connectivity index (χ0) is 13.7. The summed E-state index contributed by atoms with van der Waals surface area (Å²) in [5.41, 5.74) is 5.90. The number of nitrogens with one attached hydrogen (secondary N) is 1. The molecule has 0 aromatic heterocycles. The maximum atomic E-state index is 5.90. The number of piperazine rings is 1. The lowest BCUT2D eigenvalue weighted by atomic mass is 10.2. The Hall–Kier alpha value is -0.120. The van der Waals surface area contributed by atoms with Crippen LogP contribution in [-0.2, 0) is 4.74 Å². The summed E-state index contributed by atoms with van der Waals surface area (Å²) in [6, 6.07) is 0.460. The van der Waals surface area contributed by atoms with E-state index in [1.165, 1.54) is 0 Å². The third-order valence-electron chi connectivity index (χ3n) is 3.99. The van der Waals surface area contributed by atoms with Crippen molar-refractivity contribution < 1.29 is 4.74 Å². The Balaban J connectivity index is 0.00000200. The molecule has 0 bridgehead atoms. The molecule has 7 heteroatoms. The van der Waals surface area contributed by atoms with E-state index in [1.807, 2.05) is 0 Å². The summed E-state index contributed by atoms with van der Waals surface area (Å²) in [7, 11) is 4.31. The number of rotatable bonds is 4. The molecule has 6 nitrogen and oxygen atoms in total. The molecule has 0 saturated carbocycles. The van der Waals surface area contributed by atoms with Crippen LogP contribution in [0, 0.1) is 0 Å². The lowest BCUT2D eigenvalue weighted by Crippen LogP contribution is -2.51. The molecule has 0 aliphatic carbocycles. The predicted molar refractivity (Wildman–Crippen MR) is 92.8 cm³/mol. The van der Waals surface area contributed by atoms with Crippen molar-refractivity contribution in [1.29, 1.82) is 0 Å². The monoisotopic (exact) mass is 397 g/mol. The zero-order valence-corrected chi connectivity index (χ0v) is 14.9. The highest BCUT2D eigenvalue weighted by Crippen LogP contribution is 2.10. The molecule has 0 aromatic carbocycles. The van der Waals surface area contributed by atoms with Gasteiger partial charge in [0, 0.05) is 38.8 Å². The highest BCUT2D eigenvalue weighted by molar-refractivity contribution is 14.0. The van der Waals surface area contributed by atoms with Crippen LogP contribution in [0.25, 0.3) is 0 Å². The molecule has 2 rings (SSSR count). The van der Waals surface area contributed by atoms with Crippen molar-refractivity contribution >= 4 is 29.9 Å². The van der Waals surface area contributed by atoms with E-state index >= 15 is 0 Å². The molecule has 3 N–H and O–H groups in total. The number of hydrogen-bond donors (Lipinski definition) is 2. The van der Waals surface area contributed by atoms with E-state index in [9.17, 15) is 0 Å². The molecule has 0 amide bonds. The molecular formula is C13H28IN5O.